The number of allylic oxidation sites excluding steroid dienone is 2. The normalized spacial score (nSPS) is 44.7. The fourth-order valence-electron chi connectivity index (χ4n) is 3.70. The summed E-state index contributed by atoms with van der Waals surface area (Å²) in [6, 6.07) is 0. The molecule has 3 aliphatic carbocycles. The molecule has 0 aromatic carbocycles. The van der Waals surface area contributed by atoms with Gasteiger partial charge in [0, 0.05) is 11.8 Å². The predicted octanol–water partition coefficient (Wildman–Crippen LogP) is -1.39. The molecule has 0 radical (unpaired) electrons. The molecule has 94 valence electrons. The number of amides is 3. The van der Waals surface area contributed by atoms with E-state index < -0.39 is 41.4 Å². The quantitative estimate of drug-likeness (QED) is 0.356. The summed E-state index contributed by atoms with van der Waals surface area (Å²) in [5.41, 5.74) is 5.33. The number of hydrogen-bond donors (Lipinski definition) is 2. The summed E-state index contributed by atoms with van der Waals surface area (Å²) in [5.74, 6) is -4.51. The van der Waals surface area contributed by atoms with Crippen molar-refractivity contribution in [2.75, 3.05) is 0 Å². The molecule has 1 saturated carbocycles. The fraction of sp³-hybridized carbons (Fsp3) is 0.500. The van der Waals surface area contributed by atoms with E-state index in [9.17, 15) is 19.2 Å². The summed E-state index contributed by atoms with van der Waals surface area (Å²) in [6.45, 7) is 0. The van der Waals surface area contributed by atoms with Crippen molar-refractivity contribution in [3.05, 3.63) is 12.2 Å². The molecule has 4 aliphatic rings. The zero-order chi connectivity index (χ0) is 13.0. The van der Waals surface area contributed by atoms with Crippen LogP contribution in [0.5, 0.6) is 0 Å². The molecule has 2 bridgehead atoms. The number of imide groups is 1. The van der Waals surface area contributed by atoms with E-state index in [0.29, 0.717) is 6.29 Å². The first-order chi connectivity index (χ1) is 8.56. The topological polar surface area (TPSA) is 106 Å². The smallest absolute Gasteiger partial charge is 0.231 e. The highest BCUT2D eigenvalue weighted by Gasteiger charge is 2.61. The second-order valence-electron chi connectivity index (χ2n) is 5.09. The van der Waals surface area contributed by atoms with Crippen LogP contribution >= 0.6 is 0 Å². The van der Waals surface area contributed by atoms with Crippen LogP contribution in [-0.2, 0) is 19.2 Å². The van der Waals surface area contributed by atoms with Crippen LogP contribution in [0.15, 0.2) is 12.2 Å². The number of aldehydes is 1. The molecule has 6 nitrogen and oxygen atoms in total. The lowest BCUT2D eigenvalue weighted by atomic mass is 9.54. The van der Waals surface area contributed by atoms with Crippen LogP contribution in [0, 0.1) is 35.5 Å². The third-order valence-electron chi connectivity index (χ3n) is 4.38. The lowest BCUT2D eigenvalue weighted by Gasteiger charge is -2.46. The van der Waals surface area contributed by atoms with Gasteiger partial charge in [0.2, 0.25) is 17.7 Å². The van der Waals surface area contributed by atoms with Gasteiger partial charge in [0.05, 0.1) is 17.8 Å². The minimum Gasteiger partial charge on any atom is -0.369 e. The minimum absolute atomic E-state index is 0.348. The summed E-state index contributed by atoms with van der Waals surface area (Å²) in [4.78, 5) is 46.2. The molecule has 6 heteroatoms. The summed E-state index contributed by atoms with van der Waals surface area (Å²) in [5, 5.41) is 2.28. The van der Waals surface area contributed by atoms with Gasteiger partial charge in [0.25, 0.3) is 0 Å². The molecule has 1 saturated heterocycles. The van der Waals surface area contributed by atoms with E-state index in [-0.39, 0.29) is 11.8 Å². The molecule has 4 rings (SSSR count). The molecule has 6 atom stereocenters. The van der Waals surface area contributed by atoms with Gasteiger partial charge in [0.1, 0.15) is 6.29 Å². The van der Waals surface area contributed by atoms with Crippen molar-refractivity contribution in [2.24, 2.45) is 41.2 Å². The maximum atomic E-state index is 11.8. The first kappa shape index (κ1) is 11.1. The SMILES string of the molecule is NC(=O)C1C(C=O)C2C=CC1C1C(=O)NC(=O)C21. The summed E-state index contributed by atoms with van der Waals surface area (Å²) < 4.78 is 0. The second kappa shape index (κ2) is 3.51. The van der Waals surface area contributed by atoms with E-state index in [2.05, 4.69) is 5.32 Å². The zero-order valence-electron chi connectivity index (χ0n) is 9.41. The Morgan fingerprint density at radius 3 is 2.28 bits per heavy atom. The van der Waals surface area contributed by atoms with E-state index in [1.165, 1.54) is 0 Å². The summed E-state index contributed by atoms with van der Waals surface area (Å²) >= 11 is 0. The molecular formula is C12H12N2O4. The fourth-order valence-corrected chi connectivity index (χ4v) is 3.70. The Morgan fingerprint density at radius 2 is 1.72 bits per heavy atom. The number of nitrogens with one attached hydrogen (secondary N) is 1. The van der Waals surface area contributed by atoms with Crippen LogP contribution in [0.3, 0.4) is 0 Å². The second-order valence-corrected chi connectivity index (χ2v) is 5.09. The summed E-state index contributed by atoms with van der Waals surface area (Å²) in [6.07, 6.45) is 4.20. The van der Waals surface area contributed by atoms with Gasteiger partial charge in [-0.15, -0.1) is 0 Å². The average molecular weight is 248 g/mol. The maximum Gasteiger partial charge on any atom is 0.231 e. The number of hydrogen-bond acceptors (Lipinski definition) is 4. The van der Waals surface area contributed by atoms with Crippen molar-refractivity contribution in [1.29, 1.82) is 0 Å². The lowest BCUT2D eigenvalue weighted by molar-refractivity contribution is -0.142. The molecule has 0 aromatic rings. The number of rotatable bonds is 2. The van der Waals surface area contributed by atoms with Crippen molar-refractivity contribution < 1.29 is 19.2 Å². The molecular weight excluding hydrogens is 236 g/mol. The molecule has 0 spiro atoms. The van der Waals surface area contributed by atoms with Gasteiger partial charge in [-0.2, -0.15) is 0 Å². The van der Waals surface area contributed by atoms with Crippen LogP contribution in [0.4, 0.5) is 0 Å². The molecule has 2 fully saturated rings. The Hall–Kier alpha value is -1.98. The van der Waals surface area contributed by atoms with Crippen LogP contribution in [0.1, 0.15) is 0 Å². The Morgan fingerprint density at radius 1 is 1.17 bits per heavy atom. The molecule has 18 heavy (non-hydrogen) atoms. The first-order valence-electron chi connectivity index (χ1n) is 5.84. The molecule has 1 heterocycles. The van der Waals surface area contributed by atoms with Crippen molar-refractivity contribution in [3.8, 4) is 0 Å². The van der Waals surface area contributed by atoms with Crippen LogP contribution in [-0.4, -0.2) is 24.0 Å². The highest BCUT2D eigenvalue weighted by molar-refractivity contribution is 6.06. The third-order valence-corrected chi connectivity index (χ3v) is 4.38. The number of carbonyl (C=O) groups excluding carboxylic acids is 4. The van der Waals surface area contributed by atoms with Gasteiger partial charge in [-0.25, -0.2) is 0 Å². The van der Waals surface area contributed by atoms with E-state index in [1.54, 1.807) is 12.2 Å². The zero-order valence-corrected chi connectivity index (χ0v) is 9.41. The monoisotopic (exact) mass is 248 g/mol. The van der Waals surface area contributed by atoms with Gasteiger partial charge in [-0.05, 0) is 5.92 Å². The van der Waals surface area contributed by atoms with E-state index in [1.807, 2.05) is 0 Å². The highest BCUT2D eigenvalue weighted by atomic mass is 16.2. The molecule has 0 aromatic heterocycles. The van der Waals surface area contributed by atoms with Crippen molar-refractivity contribution in [3.63, 3.8) is 0 Å². The number of nitrogens with two attached hydrogens (primary N) is 1. The Kier molecular flexibility index (Phi) is 2.17. The van der Waals surface area contributed by atoms with Gasteiger partial charge >= 0.3 is 0 Å². The minimum atomic E-state index is -0.685. The largest absolute Gasteiger partial charge is 0.369 e. The van der Waals surface area contributed by atoms with Crippen molar-refractivity contribution in [2.45, 2.75) is 0 Å². The van der Waals surface area contributed by atoms with Crippen LogP contribution < -0.4 is 11.1 Å². The Balaban J connectivity index is 2.10. The van der Waals surface area contributed by atoms with E-state index >= 15 is 0 Å². The Labute approximate surface area is 103 Å². The standard InChI is InChI=1S/C12H12N2O4/c13-10(16)7-5-2-1-4(6(7)3-15)8-9(5)12(18)14-11(8)17/h1-9H,(H2,13,16)(H,14,17,18). The van der Waals surface area contributed by atoms with Crippen molar-refractivity contribution >= 4 is 24.0 Å². The van der Waals surface area contributed by atoms with Crippen LogP contribution in [0.2, 0.25) is 0 Å². The first-order valence-corrected chi connectivity index (χ1v) is 5.84. The predicted molar refractivity (Wildman–Crippen MR) is 58.5 cm³/mol. The maximum absolute atomic E-state index is 11.8. The lowest BCUT2D eigenvalue weighted by Crippen LogP contribution is -2.53. The van der Waals surface area contributed by atoms with Gasteiger partial charge in [0.15, 0.2) is 0 Å². The van der Waals surface area contributed by atoms with Gasteiger partial charge in [-0.3, -0.25) is 19.7 Å². The van der Waals surface area contributed by atoms with Crippen molar-refractivity contribution in [1.82, 2.24) is 5.32 Å². The van der Waals surface area contributed by atoms with E-state index in [0.717, 1.165) is 0 Å². The molecule has 1 aliphatic heterocycles. The number of carbonyl (C=O) groups is 4. The molecule has 3 amide bonds. The molecule has 6 unspecified atom stereocenters. The van der Waals surface area contributed by atoms with Gasteiger partial charge < -0.3 is 10.5 Å². The van der Waals surface area contributed by atoms with E-state index in [4.69, 9.17) is 5.73 Å². The van der Waals surface area contributed by atoms with Crippen LogP contribution in [0.25, 0.3) is 0 Å². The average Bonchev–Trinajstić information content (AvgIpc) is 2.66. The third kappa shape index (κ3) is 1.17. The van der Waals surface area contributed by atoms with Gasteiger partial charge in [-0.1, -0.05) is 12.2 Å². The molecule has 3 N–H and O–H groups in total. The summed E-state index contributed by atoms with van der Waals surface area (Å²) in [7, 11) is 0. The number of fused-ring (bicyclic) bond motifs is 1. The number of primary amides is 1. The highest BCUT2D eigenvalue weighted by Crippen LogP contribution is 2.52. The Bertz CT molecular complexity index is 496.